The van der Waals surface area contributed by atoms with Crippen molar-refractivity contribution in [2.75, 3.05) is 6.61 Å². The molecule has 0 saturated heterocycles. The second kappa shape index (κ2) is 17.0. The van der Waals surface area contributed by atoms with Crippen molar-refractivity contribution in [2.24, 2.45) is 0 Å². The van der Waals surface area contributed by atoms with E-state index in [0.29, 0.717) is 39.7 Å². The summed E-state index contributed by atoms with van der Waals surface area (Å²) in [6.07, 6.45) is 9.53. The van der Waals surface area contributed by atoms with Crippen molar-refractivity contribution < 1.29 is 19.7 Å². The maximum Gasteiger partial charge on any atom is 0.312 e. The zero-order chi connectivity index (χ0) is 31.2. The molecule has 0 bridgehead atoms. The van der Waals surface area contributed by atoms with Gasteiger partial charge in [0.2, 0.25) is 5.75 Å². The van der Waals surface area contributed by atoms with Gasteiger partial charge in [0.25, 0.3) is 0 Å². The summed E-state index contributed by atoms with van der Waals surface area (Å²) in [4.78, 5) is 21.1. The monoisotopic (exact) mass is 708 g/mol. The quantitative estimate of drug-likeness (QED) is 0.122. The SMILES string of the molecule is CCCOc1c(C/C=C/c2ccccc2)cc(Br)cc1[N+](=O)[O-].O=[N+]([O-])c1cc(Br)cc(C/C=C/c2ccccc2)c1O. The number of benzene rings is 4. The van der Waals surface area contributed by atoms with E-state index in [2.05, 4.69) is 31.9 Å². The Morgan fingerprint density at radius 3 is 1.70 bits per heavy atom. The summed E-state index contributed by atoms with van der Waals surface area (Å²) in [7, 11) is 0. The number of hydrogen-bond acceptors (Lipinski definition) is 6. The number of rotatable bonds is 11. The topological polar surface area (TPSA) is 116 Å². The van der Waals surface area contributed by atoms with Crippen LogP contribution in [0.3, 0.4) is 0 Å². The minimum Gasteiger partial charge on any atom is -0.502 e. The second-order valence-corrected chi connectivity index (χ2v) is 11.1. The number of halogens is 2. The average molecular weight is 710 g/mol. The fourth-order valence-corrected chi connectivity index (χ4v) is 4.99. The number of ether oxygens (including phenoxy) is 1. The van der Waals surface area contributed by atoms with Gasteiger partial charge in [0.05, 0.1) is 16.5 Å². The summed E-state index contributed by atoms with van der Waals surface area (Å²) >= 11 is 6.55. The van der Waals surface area contributed by atoms with Crippen LogP contribution in [0.5, 0.6) is 11.5 Å². The highest BCUT2D eigenvalue weighted by molar-refractivity contribution is 9.10. The average Bonchev–Trinajstić information content (AvgIpc) is 2.99. The predicted octanol–water partition coefficient (Wildman–Crippen LogP) is 9.72. The predicted molar refractivity (Wildman–Crippen MR) is 177 cm³/mol. The van der Waals surface area contributed by atoms with Gasteiger partial charge in [0.1, 0.15) is 0 Å². The summed E-state index contributed by atoms with van der Waals surface area (Å²) in [5.74, 6) is 0.0775. The molecular formula is C33H30Br2N2O6. The van der Waals surface area contributed by atoms with Crippen LogP contribution in [0.25, 0.3) is 12.2 Å². The van der Waals surface area contributed by atoms with Crippen molar-refractivity contribution in [3.05, 3.63) is 149 Å². The molecule has 4 aromatic carbocycles. The first-order chi connectivity index (χ1) is 20.7. The number of allylic oxidation sites excluding steroid dienone is 2. The second-order valence-electron chi connectivity index (χ2n) is 9.24. The van der Waals surface area contributed by atoms with E-state index in [0.717, 1.165) is 23.1 Å². The molecule has 0 radical (unpaired) electrons. The van der Waals surface area contributed by atoms with Crippen molar-refractivity contribution >= 4 is 55.4 Å². The van der Waals surface area contributed by atoms with Gasteiger partial charge in [-0.15, -0.1) is 0 Å². The highest BCUT2D eigenvalue weighted by Gasteiger charge is 2.20. The molecule has 8 nitrogen and oxygen atoms in total. The van der Waals surface area contributed by atoms with Crippen LogP contribution in [-0.4, -0.2) is 21.6 Å². The Labute approximate surface area is 266 Å². The maximum absolute atomic E-state index is 11.3. The van der Waals surface area contributed by atoms with E-state index in [4.69, 9.17) is 4.74 Å². The van der Waals surface area contributed by atoms with Crippen LogP contribution in [0.2, 0.25) is 0 Å². The van der Waals surface area contributed by atoms with Gasteiger partial charge in [-0.05, 0) is 42.5 Å². The van der Waals surface area contributed by atoms with E-state index < -0.39 is 9.85 Å². The fraction of sp³-hybridized carbons (Fsp3) is 0.152. The molecule has 0 unspecified atom stereocenters. The number of phenols is 1. The van der Waals surface area contributed by atoms with Gasteiger partial charge in [-0.3, -0.25) is 20.2 Å². The Morgan fingerprint density at radius 2 is 1.21 bits per heavy atom. The lowest BCUT2D eigenvalue weighted by molar-refractivity contribution is -0.386. The third-order valence-corrected chi connectivity index (χ3v) is 6.90. The number of phenolic OH excluding ortho intramolecular Hbond substituents is 1. The summed E-state index contributed by atoms with van der Waals surface area (Å²) < 4.78 is 6.89. The molecular weight excluding hydrogens is 680 g/mol. The van der Waals surface area contributed by atoms with Gasteiger partial charge >= 0.3 is 11.4 Å². The van der Waals surface area contributed by atoms with E-state index in [-0.39, 0.29) is 17.1 Å². The van der Waals surface area contributed by atoms with Gasteiger partial charge in [-0.2, -0.15) is 0 Å². The number of aromatic hydroxyl groups is 1. The zero-order valence-corrected chi connectivity index (χ0v) is 26.5. The molecule has 0 spiro atoms. The van der Waals surface area contributed by atoms with Gasteiger partial charge in [-0.1, -0.05) is 124 Å². The first-order valence-corrected chi connectivity index (χ1v) is 15.0. The van der Waals surface area contributed by atoms with Crippen molar-refractivity contribution in [1.82, 2.24) is 0 Å². The normalized spacial score (nSPS) is 10.9. The Kier molecular flexibility index (Phi) is 13.1. The number of nitrogens with zero attached hydrogens (tertiary/aromatic N) is 2. The summed E-state index contributed by atoms with van der Waals surface area (Å²) in [5.41, 5.74) is 3.15. The van der Waals surface area contributed by atoms with Gasteiger partial charge in [0.15, 0.2) is 5.75 Å². The Morgan fingerprint density at radius 1 is 0.744 bits per heavy atom. The van der Waals surface area contributed by atoms with Gasteiger partial charge in [0, 0.05) is 32.2 Å². The zero-order valence-electron chi connectivity index (χ0n) is 23.4. The van der Waals surface area contributed by atoms with E-state index in [1.165, 1.54) is 12.1 Å². The lowest BCUT2D eigenvalue weighted by Gasteiger charge is -2.11. The first kappa shape index (κ1) is 33.2. The molecule has 10 heteroatoms. The molecule has 0 heterocycles. The molecule has 0 fully saturated rings. The molecule has 0 saturated carbocycles. The van der Waals surface area contributed by atoms with Crippen molar-refractivity contribution in [3.8, 4) is 11.5 Å². The van der Waals surface area contributed by atoms with E-state index in [1.54, 1.807) is 6.07 Å². The largest absolute Gasteiger partial charge is 0.502 e. The Bertz CT molecular complexity index is 1590. The lowest BCUT2D eigenvalue weighted by Crippen LogP contribution is -2.03. The van der Waals surface area contributed by atoms with Crippen LogP contribution in [0.1, 0.15) is 35.6 Å². The van der Waals surface area contributed by atoms with Crippen LogP contribution in [0.15, 0.2) is 106 Å². The maximum atomic E-state index is 11.3. The molecule has 43 heavy (non-hydrogen) atoms. The standard InChI is InChI=1S/C18H18BrNO3.C15H12BrNO3/c1-2-11-23-18-15(12-16(19)13-17(18)20(21)22)10-6-9-14-7-4-3-5-8-14;16-13-9-12(15(18)14(10-13)17(19)20)8-4-7-11-5-2-1-3-6-11/h3-9,12-13H,2,10-11H2,1H3;1-7,9-10,18H,8H2/b9-6+;7-4+. The molecule has 4 aromatic rings. The van der Waals surface area contributed by atoms with Gasteiger partial charge in [-0.25, -0.2) is 0 Å². The minimum atomic E-state index is -0.593. The molecule has 222 valence electrons. The van der Waals surface area contributed by atoms with E-state index in [9.17, 15) is 25.3 Å². The first-order valence-electron chi connectivity index (χ1n) is 13.4. The van der Waals surface area contributed by atoms with E-state index >= 15 is 0 Å². The molecule has 0 atom stereocenters. The van der Waals surface area contributed by atoms with E-state index in [1.807, 2.05) is 98.0 Å². The summed E-state index contributed by atoms with van der Waals surface area (Å²) in [5, 5.41) is 32.0. The highest BCUT2D eigenvalue weighted by atomic mass is 79.9. The number of hydrogen-bond donors (Lipinski definition) is 1. The van der Waals surface area contributed by atoms with Gasteiger partial charge < -0.3 is 9.84 Å². The Balaban J connectivity index is 0.000000238. The molecule has 4 rings (SSSR count). The number of nitro groups is 2. The summed E-state index contributed by atoms with van der Waals surface area (Å²) in [6.45, 7) is 2.43. The van der Waals surface area contributed by atoms with Crippen molar-refractivity contribution in [2.45, 2.75) is 26.2 Å². The Hall–Kier alpha value is -4.28. The van der Waals surface area contributed by atoms with Crippen LogP contribution in [0.4, 0.5) is 11.4 Å². The minimum absolute atomic E-state index is 0.00376. The van der Waals surface area contributed by atoms with Crippen molar-refractivity contribution in [3.63, 3.8) is 0 Å². The van der Waals surface area contributed by atoms with Crippen LogP contribution in [0, 0.1) is 20.2 Å². The third kappa shape index (κ3) is 10.5. The summed E-state index contributed by atoms with van der Waals surface area (Å²) in [6, 6.07) is 26.0. The van der Waals surface area contributed by atoms with Crippen LogP contribution in [-0.2, 0) is 12.8 Å². The van der Waals surface area contributed by atoms with Crippen LogP contribution >= 0.6 is 31.9 Å². The van der Waals surface area contributed by atoms with Crippen LogP contribution < -0.4 is 4.74 Å². The van der Waals surface area contributed by atoms with Crippen molar-refractivity contribution in [1.29, 1.82) is 0 Å². The molecule has 0 aliphatic heterocycles. The molecule has 1 N–H and O–H groups in total. The highest BCUT2D eigenvalue weighted by Crippen LogP contribution is 2.36. The lowest BCUT2D eigenvalue weighted by atomic mass is 10.1. The molecule has 0 aliphatic rings. The molecule has 0 amide bonds. The number of nitro benzene ring substituents is 2. The smallest absolute Gasteiger partial charge is 0.312 e. The molecule has 0 aromatic heterocycles. The third-order valence-electron chi connectivity index (χ3n) is 5.98. The fourth-order valence-electron chi connectivity index (χ4n) is 4.00. The molecule has 0 aliphatic carbocycles.